The fraction of sp³-hybridized carbons (Fsp3) is 0.519. The van der Waals surface area contributed by atoms with Crippen molar-refractivity contribution in [2.24, 2.45) is 0 Å². The summed E-state index contributed by atoms with van der Waals surface area (Å²) >= 11 is 1.62. The zero-order valence-electron chi connectivity index (χ0n) is 21.5. The minimum Gasteiger partial charge on any atom is -0.467 e. The van der Waals surface area contributed by atoms with Gasteiger partial charge in [0.25, 0.3) is 0 Å². The van der Waals surface area contributed by atoms with Crippen molar-refractivity contribution in [3.05, 3.63) is 48.0 Å². The number of hydrogen-bond acceptors (Lipinski definition) is 7. The van der Waals surface area contributed by atoms with Crippen molar-refractivity contribution in [3.8, 4) is 0 Å². The van der Waals surface area contributed by atoms with E-state index < -0.39 is 12.0 Å². The summed E-state index contributed by atoms with van der Waals surface area (Å²) in [6, 6.07) is 13.8. The fourth-order valence-electron chi connectivity index (χ4n) is 4.83. The molecule has 0 saturated carbocycles. The molecule has 9 heteroatoms. The molecule has 0 aromatic heterocycles. The summed E-state index contributed by atoms with van der Waals surface area (Å²) in [5.41, 5.74) is 1.12. The van der Waals surface area contributed by atoms with Crippen molar-refractivity contribution in [1.82, 2.24) is 20.4 Å². The second-order valence-electron chi connectivity index (χ2n) is 9.15. The van der Waals surface area contributed by atoms with Gasteiger partial charge in [-0.1, -0.05) is 42.5 Å². The monoisotopic (exact) mass is 514 g/mol. The van der Waals surface area contributed by atoms with Crippen molar-refractivity contribution in [3.63, 3.8) is 0 Å². The summed E-state index contributed by atoms with van der Waals surface area (Å²) in [7, 11) is 3.11. The number of amides is 2. The van der Waals surface area contributed by atoms with E-state index in [1.165, 1.54) is 7.11 Å². The highest BCUT2D eigenvalue weighted by Gasteiger charge is 2.31. The van der Waals surface area contributed by atoms with Crippen molar-refractivity contribution in [1.29, 1.82) is 0 Å². The summed E-state index contributed by atoms with van der Waals surface area (Å²) in [4.78, 5) is 42.0. The number of carbonyl (C=O) groups is 3. The molecule has 0 radical (unpaired) electrons. The summed E-state index contributed by atoms with van der Waals surface area (Å²) in [6.45, 7) is 2.31. The summed E-state index contributed by atoms with van der Waals surface area (Å²) in [5.74, 6) is 0.164. The molecule has 0 bridgehead atoms. The van der Waals surface area contributed by atoms with Gasteiger partial charge in [-0.05, 0) is 54.7 Å². The maximum Gasteiger partial charge on any atom is 0.328 e. The second-order valence-corrected chi connectivity index (χ2v) is 10.1. The van der Waals surface area contributed by atoms with Gasteiger partial charge in [0.2, 0.25) is 11.8 Å². The molecular weight excluding hydrogens is 476 g/mol. The number of hydrogen-bond donors (Lipinski definition) is 2. The van der Waals surface area contributed by atoms with Crippen LogP contribution >= 0.6 is 11.8 Å². The van der Waals surface area contributed by atoms with Crippen LogP contribution in [-0.2, 0) is 25.7 Å². The van der Waals surface area contributed by atoms with Crippen LogP contribution in [0.3, 0.4) is 0 Å². The van der Waals surface area contributed by atoms with Gasteiger partial charge in [0, 0.05) is 25.7 Å². The first-order chi connectivity index (χ1) is 17.5. The number of nitrogens with zero attached hydrogens (tertiary/aromatic N) is 2. The number of likely N-dealkylation sites (N-methyl/N-ethyl adjacent to an activating group) is 1. The van der Waals surface area contributed by atoms with Crippen LogP contribution in [0.5, 0.6) is 0 Å². The Hall–Kier alpha value is -2.62. The van der Waals surface area contributed by atoms with Crippen molar-refractivity contribution in [2.75, 3.05) is 52.3 Å². The highest BCUT2D eigenvalue weighted by molar-refractivity contribution is 7.98. The van der Waals surface area contributed by atoms with E-state index in [0.29, 0.717) is 26.1 Å². The van der Waals surface area contributed by atoms with Crippen LogP contribution in [0.15, 0.2) is 42.5 Å². The maximum atomic E-state index is 13.1. The number of carbonyl (C=O) groups excluding carboxylic acids is 3. The van der Waals surface area contributed by atoms with Gasteiger partial charge in [-0.2, -0.15) is 11.8 Å². The first-order valence-corrected chi connectivity index (χ1v) is 13.8. The lowest BCUT2D eigenvalue weighted by Gasteiger charge is -2.31. The van der Waals surface area contributed by atoms with Gasteiger partial charge in [-0.3, -0.25) is 14.5 Å². The van der Waals surface area contributed by atoms with Gasteiger partial charge in [-0.15, -0.1) is 0 Å². The van der Waals surface area contributed by atoms with Crippen molar-refractivity contribution >= 4 is 40.3 Å². The van der Waals surface area contributed by atoms with Gasteiger partial charge >= 0.3 is 5.97 Å². The molecule has 3 rings (SSSR count). The van der Waals surface area contributed by atoms with E-state index >= 15 is 0 Å². The minimum atomic E-state index is -0.672. The van der Waals surface area contributed by atoms with Gasteiger partial charge in [0.15, 0.2) is 0 Å². The van der Waals surface area contributed by atoms with Gasteiger partial charge < -0.3 is 20.3 Å². The normalized spacial score (nSPS) is 16.3. The molecule has 2 atom stereocenters. The van der Waals surface area contributed by atoms with Gasteiger partial charge in [0.05, 0.1) is 20.2 Å². The number of esters is 1. The van der Waals surface area contributed by atoms with Crippen LogP contribution in [0.4, 0.5) is 0 Å². The average Bonchev–Trinajstić information content (AvgIpc) is 3.34. The third-order valence-corrected chi connectivity index (χ3v) is 7.21. The number of rotatable bonds is 13. The highest BCUT2D eigenvalue weighted by atomic mass is 32.2. The summed E-state index contributed by atoms with van der Waals surface area (Å²) in [6.07, 6.45) is 4.33. The molecule has 1 saturated heterocycles. The SMILES string of the molecule is CNCC(=O)N1CCC[C@H]1CN(CC(=O)N[C@@H](CCSC)C(=O)OC)Cc1cccc2ccccc12. The zero-order chi connectivity index (χ0) is 25.9. The number of thioether (sulfide) groups is 1. The molecule has 2 aromatic carbocycles. The molecule has 196 valence electrons. The fourth-order valence-corrected chi connectivity index (χ4v) is 5.30. The first kappa shape index (κ1) is 28.0. The Kier molecular flexibility index (Phi) is 11.0. The van der Waals surface area contributed by atoms with E-state index in [4.69, 9.17) is 4.74 Å². The lowest BCUT2D eigenvalue weighted by molar-refractivity contribution is -0.145. The Morgan fingerprint density at radius 3 is 2.72 bits per heavy atom. The zero-order valence-corrected chi connectivity index (χ0v) is 22.3. The minimum absolute atomic E-state index is 0.0431. The Labute approximate surface area is 218 Å². The van der Waals surface area contributed by atoms with E-state index in [1.54, 1.807) is 18.8 Å². The quantitative estimate of drug-likeness (QED) is 0.396. The van der Waals surface area contributed by atoms with E-state index in [2.05, 4.69) is 39.8 Å². The molecule has 1 fully saturated rings. The van der Waals surface area contributed by atoms with Crippen LogP contribution in [0.1, 0.15) is 24.8 Å². The molecule has 0 aliphatic carbocycles. The van der Waals surface area contributed by atoms with E-state index in [-0.39, 0.29) is 24.4 Å². The first-order valence-electron chi connectivity index (χ1n) is 12.5. The van der Waals surface area contributed by atoms with Crippen molar-refractivity contribution in [2.45, 2.75) is 37.9 Å². The smallest absolute Gasteiger partial charge is 0.328 e. The molecule has 36 heavy (non-hydrogen) atoms. The molecule has 2 N–H and O–H groups in total. The summed E-state index contributed by atoms with van der Waals surface area (Å²) in [5, 5.41) is 8.12. The molecule has 0 spiro atoms. The van der Waals surface area contributed by atoms with Crippen LogP contribution in [-0.4, -0.2) is 92.0 Å². The predicted molar refractivity (Wildman–Crippen MR) is 145 cm³/mol. The predicted octanol–water partition coefficient (Wildman–Crippen LogP) is 2.26. The standard InChI is InChI=1S/C27H38N4O4S/c1-28-16-26(33)31-14-7-11-22(31)18-30(17-21-10-6-9-20-8-4-5-12-23(20)21)19-25(32)29-24(13-15-36-3)27(34)35-2/h4-6,8-10,12,22,24,28H,7,11,13-19H2,1-3H3,(H,29,32)/t22-,24-/m0/s1. The molecule has 1 aliphatic heterocycles. The Morgan fingerprint density at radius 1 is 1.19 bits per heavy atom. The van der Waals surface area contributed by atoms with Gasteiger partial charge in [-0.25, -0.2) is 4.79 Å². The molecular formula is C27H38N4O4S. The van der Waals surface area contributed by atoms with Crippen LogP contribution in [0, 0.1) is 0 Å². The topological polar surface area (TPSA) is 91.0 Å². The highest BCUT2D eigenvalue weighted by Crippen LogP contribution is 2.23. The van der Waals surface area contributed by atoms with Crippen LogP contribution < -0.4 is 10.6 Å². The van der Waals surface area contributed by atoms with E-state index in [1.807, 2.05) is 29.4 Å². The number of fused-ring (bicyclic) bond motifs is 1. The van der Waals surface area contributed by atoms with Crippen molar-refractivity contribution < 1.29 is 19.1 Å². The molecule has 0 unspecified atom stereocenters. The van der Waals surface area contributed by atoms with Crippen LogP contribution in [0.2, 0.25) is 0 Å². The molecule has 1 aliphatic rings. The lowest BCUT2D eigenvalue weighted by atomic mass is 10.0. The maximum absolute atomic E-state index is 13.1. The number of benzene rings is 2. The lowest BCUT2D eigenvalue weighted by Crippen LogP contribution is -2.49. The van der Waals surface area contributed by atoms with E-state index in [0.717, 1.165) is 41.5 Å². The van der Waals surface area contributed by atoms with Gasteiger partial charge in [0.1, 0.15) is 6.04 Å². The third kappa shape index (κ3) is 7.69. The number of nitrogens with one attached hydrogen (secondary N) is 2. The number of likely N-dealkylation sites (tertiary alicyclic amines) is 1. The Bertz CT molecular complexity index is 1030. The van der Waals surface area contributed by atoms with Crippen LogP contribution in [0.25, 0.3) is 10.8 Å². The molecule has 1 heterocycles. The largest absolute Gasteiger partial charge is 0.467 e. The third-order valence-electron chi connectivity index (χ3n) is 6.57. The average molecular weight is 515 g/mol. The Morgan fingerprint density at radius 2 is 1.97 bits per heavy atom. The molecule has 2 amide bonds. The summed E-state index contributed by atoms with van der Waals surface area (Å²) < 4.78 is 4.90. The van der Waals surface area contributed by atoms with E-state index in [9.17, 15) is 14.4 Å². The Balaban J connectivity index is 1.79. The number of ether oxygens (including phenoxy) is 1. The molecule has 2 aromatic rings. The second kappa shape index (κ2) is 14.2. The number of methoxy groups -OCH3 is 1. The molecule has 8 nitrogen and oxygen atoms in total.